The molecule has 1 aliphatic heterocycles. The predicted octanol–water partition coefficient (Wildman–Crippen LogP) is 1.16. The highest BCUT2D eigenvalue weighted by Crippen LogP contribution is 2.27. The van der Waals surface area contributed by atoms with Crippen molar-refractivity contribution in [3.63, 3.8) is 0 Å². The van der Waals surface area contributed by atoms with Gasteiger partial charge in [-0.2, -0.15) is 0 Å². The second-order valence-corrected chi connectivity index (χ2v) is 8.21. The smallest absolute Gasteiger partial charge is 0.319 e. The molecule has 2 heterocycles. The highest BCUT2D eigenvalue weighted by Gasteiger charge is 2.37. The van der Waals surface area contributed by atoms with E-state index < -0.39 is 28.0 Å². The summed E-state index contributed by atoms with van der Waals surface area (Å²) in [6.45, 7) is 2.40. The van der Waals surface area contributed by atoms with Crippen LogP contribution in [0.1, 0.15) is 6.92 Å². The number of benzene rings is 1. The fourth-order valence-electron chi connectivity index (χ4n) is 2.87. The molecule has 26 heavy (non-hydrogen) atoms. The summed E-state index contributed by atoms with van der Waals surface area (Å²) in [4.78, 5) is 12.2. The van der Waals surface area contributed by atoms with Crippen molar-refractivity contribution in [3.8, 4) is 11.4 Å². The van der Waals surface area contributed by atoms with Gasteiger partial charge >= 0.3 is 6.03 Å². The van der Waals surface area contributed by atoms with Crippen molar-refractivity contribution in [2.75, 3.05) is 23.4 Å². The van der Waals surface area contributed by atoms with Gasteiger partial charge in [0.05, 0.1) is 35.9 Å². The average Bonchev–Trinajstić information content (AvgIpc) is 3.17. The van der Waals surface area contributed by atoms with E-state index >= 15 is 0 Å². The monoisotopic (exact) mass is 379 g/mol. The van der Waals surface area contributed by atoms with E-state index in [4.69, 9.17) is 4.74 Å². The molecule has 0 spiro atoms. The normalized spacial score (nSPS) is 21.3. The molecule has 9 heteroatoms. The summed E-state index contributed by atoms with van der Waals surface area (Å²) in [5.41, 5.74) is 1.28. The maximum atomic E-state index is 12.2. The zero-order valence-corrected chi connectivity index (χ0v) is 15.1. The summed E-state index contributed by atoms with van der Waals surface area (Å²) in [6, 6.07) is 7.57. The summed E-state index contributed by atoms with van der Waals surface area (Å²) >= 11 is 0. The van der Waals surface area contributed by atoms with Gasteiger partial charge in [-0.15, -0.1) is 0 Å². The zero-order chi connectivity index (χ0) is 18.7. The topological polar surface area (TPSA) is 110 Å². The van der Waals surface area contributed by atoms with Gasteiger partial charge < -0.3 is 25.0 Å². The van der Waals surface area contributed by atoms with Crippen LogP contribution >= 0.6 is 0 Å². The van der Waals surface area contributed by atoms with E-state index in [1.54, 1.807) is 18.2 Å². The number of anilines is 1. The number of hydrogen-bond acceptors (Lipinski definition) is 5. The van der Waals surface area contributed by atoms with Gasteiger partial charge in [0.1, 0.15) is 5.75 Å². The molecule has 1 aromatic heterocycles. The number of aliphatic hydroxyl groups is 1. The first kappa shape index (κ1) is 18.3. The number of amides is 2. The maximum Gasteiger partial charge on any atom is 0.319 e. The van der Waals surface area contributed by atoms with Gasteiger partial charge in [0.15, 0.2) is 9.84 Å². The molecule has 2 amide bonds. The summed E-state index contributed by atoms with van der Waals surface area (Å²) in [6.07, 6.45) is 2.63. The van der Waals surface area contributed by atoms with Gasteiger partial charge in [-0.25, -0.2) is 13.2 Å². The van der Waals surface area contributed by atoms with E-state index in [1.807, 2.05) is 36.0 Å². The van der Waals surface area contributed by atoms with Crippen LogP contribution in [0.15, 0.2) is 42.7 Å². The van der Waals surface area contributed by atoms with E-state index in [1.165, 1.54) is 0 Å². The standard InChI is InChI=1S/C17H21N3O5S/c1-2-25-16-6-5-12(9-14(16)20-7-3-4-8-20)18-17(22)19-13-10-26(23,24)11-15(13)21/h3-9,13,15,21H,2,10-11H2,1H3,(H2,18,19,22). The summed E-state index contributed by atoms with van der Waals surface area (Å²) in [5.74, 6) is 0.0742. The molecule has 0 aliphatic carbocycles. The fraction of sp³-hybridized carbons (Fsp3) is 0.353. The van der Waals surface area contributed by atoms with Crippen molar-refractivity contribution in [1.82, 2.24) is 9.88 Å². The maximum absolute atomic E-state index is 12.2. The Morgan fingerprint density at radius 2 is 2.04 bits per heavy atom. The zero-order valence-electron chi connectivity index (χ0n) is 14.3. The molecule has 0 bridgehead atoms. The van der Waals surface area contributed by atoms with Crippen LogP contribution in [0.3, 0.4) is 0 Å². The molecule has 0 radical (unpaired) electrons. The molecule has 2 unspecified atom stereocenters. The Morgan fingerprint density at radius 1 is 1.31 bits per heavy atom. The number of hydrogen-bond donors (Lipinski definition) is 3. The van der Waals surface area contributed by atoms with Gasteiger partial charge in [-0.1, -0.05) is 0 Å². The lowest BCUT2D eigenvalue weighted by molar-refractivity contribution is 0.167. The Bertz CT molecular complexity index is 880. The first-order chi connectivity index (χ1) is 12.4. The minimum atomic E-state index is -3.32. The Kier molecular flexibility index (Phi) is 5.19. The lowest BCUT2D eigenvalue weighted by atomic mass is 10.2. The number of carbonyl (C=O) groups is 1. The van der Waals surface area contributed by atoms with Gasteiger partial charge in [0.2, 0.25) is 0 Å². The van der Waals surface area contributed by atoms with Gasteiger partial charge in [-0.05, 0) is 37.3 Å². The van der Waals surface area contributed by atoms with Crippen molar-refractivity contribution in [1.29, 1.82) is 0 Å². The second-order valence-electron chi connectivity index (χ2n) is 6.06. The number of urea groups is 1. The van der Waals surface area contributed by atoms with Crippen LogP contribution in [0.25, 0.3) is 5.69 Å². The van der Waals surface area contributed by atoms with Crippen LogP contribution in [0, 0.1) is 0 Å². The third-order valence-electron chi connectivity index (χ3n) is 4.04. The third kappa shape index (κ3) is 4.17. The average molecular weight is 379 g/mol. The first-order valence-electron chi connectivity index (χ1n) is 8.24. The van der Waals surface area contributed by atoms with E-state index in [0.717, 1.165) is 5.69 Å². The molecule has 140 valence electrons. The largest absolute Gasteiger partial charge is 0.492 e. The predicted molar refractivity (Wildman–Crippen MR) is 97.5 cm³/mol. The Hall–Kier alpha value is -2.52. The molecule has 2 atom stereocenters. The minimum absolute atomic E-state index is 0.264. The van der Waals surface area contributed by atoms with E-state index in [-0.39, 0.29) is 11.5 Å². The number of aliphatic hydroxyl groups excluding tert-OH is 1. The molecule has 1 saturated heterocycles. The number of rotatable bonds is 5. The molecule has 1 fully saturated rings. The van der Waals surface area contributed by atoms with Crippen LogP contribution in [0.4, 0.5) is 10.5 Å². The molecule has 3 N–H and O–H groups in total. The van der Waals surface area contributed by atoms with Crippen molar-refractivity contribution in [3.05, 3.63) is 42.7 Å². The fourth-order valence-corrected chi connectivity index (χ4v) is 4.61. The highest BCUT2D eigenvalue weighted by molar-refractivity contribution is 7.91. The van der Waals surface area contributed by atoms with Crippen molar-refractivity contribution in [2.24, 2.45) is 0 Å². The molecule has 1 aromatic carbocycles. The number of carbonyl (C=O) groups excluding carboxylic acids is 1. The van der Waals surface area contributed by atoms with Crippen LogP contribution in [0.2, 0.25) is 0 Å². The van der Waals surface area contributed by atoms with Crippen molar-refractivity contribution < 1.29 is 23.1 Å². The van der Waals surface area contributed by atoms with Crippen LogP contribution in [0.5, 0.6) is 5.75 Å². The summed E-state index contributed by atoms with van der Waals surface area (Å²) < 4.78 is 30.5. The second kappa shape index (κ2) is 7.38. The molecular formula is C17H21N3O5S. The van der Waals surface area contributed by atoms with Crippen LogP contribution < -0.4 is 15.4 Å². The van der Waals surface area contributed by atoms with E-state index in [2.05, 4.69) is 10.6 Å². The summed E-state index contributed by atoms with van der Waals surface area (Å²) in [7, 11) is -3.32. The third-order valence-corrected chi connectivity index (χ3v) is 5.75. The molecule has 1 aliphatic rings. The van der Waals surface area contributed by atoms with E-state index in [0.29, 0.717) is 18.0 Å². The Balaban J connectivity index is 1.73. The SMILES string of the molecule is CCOc1ccc(NC(=O)NC2CS(=O)(=O)CC2O)cc1-n1cccc1. The lowest BCUT2D eigenvalue weighted by Gasteiger charge is -2.17. The van der Waals surface area contributed by atoms with Crippen molar-refractivity contribution >= 4 is 21.6 Å². The van der Waals surface area contributed by atoms with Crippen LogP contribution in [-0.2, 0) is 9.84 Å². The highest BCUT2D eigenvalue weighted by atomic mass is 32.2. The number of aromatic nitrogens is 1. The number of nitrogens with zero attached hydrogens (tertiary/aromatic N) is 1. The van der Waals surface area contributed by atoms with Gasteiger partial charge in [0, 0.05) is 18.1 Å². The molecular weight excluding hydrogens is 358 g/mol. The summed E-state index contributed by atoms with van der Waals surface area (Å²) in [5, 5.41) is 14.9. The first-order valence-corrected chi connectivity index (χ1v) is 10.1. The van der Waals surface area contributed by atoms with Crippen LogP contribution in [-0.4, -0.2) is 54.4 Å². The molecule has 0 saturated carbocycles. The van der Waals surface area contributed by atoms with Gasteiger partial charge in [-0.3, -0.25) is 0 Å². The lowest BCUT2D eigenvalue weighted by Crippen LogP contribution is -2.44. The number of ether oxygens (including phenoxy) is 1. The van der Waals surface area contributed by atoms with Gasteiger partial charge in [0.25, 0.3) is 0 Å². The van der Waals surface area contributed by atoms with E-state index in [9.17, 15) is 18.3 Å². The Morgan fingerprint density at radius 3 is 2.65 bits per heavy atom. The number of nitrogens with one attached hydrogen (secondary N) is 2. The minimum Gasteiger partial charge on any atom is -0.492 e. The number of sulfone groups is 1. The molecule has 8 nitrogen and oxygen atoms in total. The quantitative estimate of drug-likeness (QED) is 0.722. The van der Waals surface area contributed by atoms with Crippen molar-refractivity contribution in [2.45, 2.75) is 19.1 Å². The molecule has 2 aromatic rings. The molecule has 3 rings (SSSR count). The Labute approximate surface area is 151 Å².